The third-order valence-corrected chi connectivity index (χ3v) is 5.95. The Bertz CT molecular complexity index is 1010. The molecule has 8 heteroatoms. The van der Waals surface area contributed by atoms with Crippen molar-refractivity contribution in [1.82, 2.24) is 20.3 Å². The fraction of sp³-hybridized carbons (Fsp3) is 0.435. The van der Waals surface area contributed by atoms with Gasteiger partial charge in [0.05, 0.1) is 30.0 Å². The first-order valence-corrected chi connectivity index (χ1v) is 11.0. The molecule has 3 aromatic rings. The largest absolute Gasteiger partial charge is 0.393 e. The summed E-state index contributed by atoms with van der Waals surface area (Å²) < 4.78 is 5.79. The predicted octanol–water partition coefficient (Wildman–Crippen LogP) is 2.05. The molecule has 2 saturated heterocycles. The van der Waals surface area contributed by atoms with Crippen molar-refractivity contribution in [3.05, 3.63) is 42.7 Å². The average molecular weight is 421 g/mol. The molecule has 162 valence electrons. The van der Waals surface area contributed by atoms with Crippen LogP contribution in [-0.4, -0.2) is 71.6 Å². The summed E-state index contributed by atoms with van der Waals surface area (Å²) in [6.45, 7) is 4.88. The van der Waals surface area contributed by atoms with Gasteiger partial charge in [-0.15, -0.1) is 0 Å². The normalized spacial score (nSPS) is 20.2. The number of nitrogens with zero attached hydrogens (tertiary/aromatic N) is 4. The highest BCUT2D eigenvalue weighted by atomic mass is 16.5. The molecule has 1 aromatic carbocycles. The van der Waals surface area contributed by atoms with E-state index in [1.165, 1.54) is 5.69 Å². The van der Waals surface area contributed by atoms with Crippen molar-refractivity contribution in [1.29, 1.82) is 0 Å². The Kier molecular flexibility index (Phi) is 5.93. The van der Waals surface area contributed by atoms with Crippen molar-refractivity contribution in [2.45, 2.75) is 25.0 Å². The predicted molar refractivity (Wildman–Crippen MR) is 121 cm³/mol. The van der Waals surface area contributed by atoms with E-state index in [9.17, 15) is 5.11 Å². The standard InChI is InChI=1S/C23H28N6O2/c30-18-5-10-29(11-6-18)17-3-1-16(2-4-17)20-13-21-22(26-8-7-25-21)23(28-20)27-15-19-14-24-9-12-31-19/h1-4,7-8,13,18-19,24,30H,5-6,9-12,14-15H2,(H,27,28). The topological polar surface area (TPSA) is 95.4 Å². The number of ether oxygens (including phenoxy) is 1. The molecule has 1 unspecified atom stereocenters. The van der Waals surface area contributed by atoms with Gasteiger partial charge in [-0.2, -0.15) is 0 Å². The van der Waals surface area contributed by atoms with Crippen molar-refractivity contribution < 1.29 is 9.84 Å². The summed E-state index contributed by atoms with van der Waals surface area (Å²) in [5, 5.41) is 16.5. The van der Waals surface area contributed by atoms with Crippen LogP contribution in [0.5, 0.6) is 0 Å². The number of hydrogen-bond donors (Lipinski definition) is 3. The number of hydrogen-bond acceptors (Lipinski definition) is 8. The number of fused-ring (bicyclic) bond motifs is 1. The molecule has 0 spiro atoms. The molecule has 0 saturated carbocycles. The van der Waals surface area contributed by atoms with Crippen LogP contribution in [-0.2, 0) is 4.74 Å². The second-order valence-corrected chi connectivity index (χ2v) is 8.12. The van der Waals surface area contributed by atoms with Crippen LogP contribution < -0.4 is 15.5 Å². The third-order valence-electron chi connectivity index (χ3n) is 5.95. The van der Waals surface area contributed by atoms with E-state index in [2.05, 4.69) is 49.8 Å². The van der Waals surface area contributed by atoms with Crippen LogP contribution in [0, 0.1) is 0 Å². The van der Waals surface area contributed by atoms with Gasteiger partial charge < -0.3 is 25.4 Å². The molecule has 31 heavy (non-hydrogen) atoms. The Balaban J connectivity index is 1.39. The first-order chi connectivity index (χ1) is 15.3. The van der Waals surface area contributed by atoms with Crippen molar-refractivity contribution in [2.75, 3.05) is 49.5 Å². The fourth-order valence-corrected chi connectivity index (χ4v) is 4.17. The number of aliphatic hydroxyl groups is 1. The molecule has 8 nitrogen and oxygen atoms in total. The summed E-state index contributed by atoms with van der Waals surface area (Å²) in [6.07, 6.45) is 4.98. The summed E-state index contributed by atoms with van der Waals surface area (Å²) >= 11 is 0. The highest BCUT2D eigenvalue weighted by Crippen LogP contribution is 2.28. The zero-order valence-corrected chi connectivity index (χ0v) is 17.5. The van der Waals surface area contributed by atoms with Crippen molar-refractivity contribution >= 4 is 22.5 Å². The third kappa shape index (κ3) is 4.61. The quantitative estimate of drug-likeness (QED) is 0.577. The lowest BCUT2D eigenvalue weighted by molar-refractivity contribution is 0.0372. The lowest BCUT2D eigenvalue weighted by Crippen LogP contribution is -2.42. The minimum atomic E-state index is -0.167. The van der Waals surface area contributed by atoms with Crippen molar-refractivity contribution in [3.63, 3.8) is 0 Å². The van der Waals surface area contributed by atoms with E-state index >= 15 is 0 Å². The minimum Gasteiger partial charge on any atom is -0.393 e. The van der Waals surface area contributed by atoms with E-state index in [-0.39, 0.29) is 12.2 Å². The van der Waals surface area contributed by atoms with E-state index in [1.807, 2.05) is 6.07 Å². The number of morpholine rings is 1. The zero-order valence-electron chi connectivity index (χ0n) is 17.5. The summed E-state index contributed by atoms with van der Waals surface area (Å²) in [5.41, 5.74) is 4.65. The van der Waals surface area contributed by atoms with Crippen LogP contribution in [0.3, 0.4) is 0 Å². The molecule has 1 atom stereocenters. The van der Waals surface area contributed by atoms with Crippen molar-refractivity contribution in [2.24, 2.45) is 0 Å². The maximum absolute atomic E-state index is 9.74. The van der Waals surface area contributed by atoms with Crippen LogP contribution in [0.15, 0.2) is 42.7 Å². The highest BCUT2D eigenvalue weighted by Gasteiger charge is 2.18. The number of benzene rings is 1. The van der Waals surface area contributed by atoms with E-state index < -0.39 is 0 Å². The summed E-state index contributed by atoms with van der Waals surface area (Å²) in [6, 6.07) is 10.4. The van der Waals surface area contributed by atoms with Gasteiger partial charge in [-0.25, -0.2) is 9.97 Å². The Hall–Kier alpha value is -2.81. The number of pyridine rings is 1. The molecule has 0 aliphatic carbocycles. The van der Waals surface area contributed by atoms with Crippen LogP contribution in [0.1, 0.15) is 12.8 Å². The molecular formula is C23H28N6O2. The number of piperidine rings is 1. The molecule has 2 aliphatic heterocycles. The van der Waals surface area contributed by atoms with Gasteiger partial charge in [-0.1, -0.05) is 12.1 Å². The maximum Gasteiger partial charge on any atom is 0.154 e. The van der Waals surface area contributed by atoms with Gasteiger partial charge in [0.15, 0.2) is 5.82 Å². The minimum absolute atomic E-state index is 0.105. The molecule has 0 amide bonds. The molecular weight excluding hydrogens is 392 g/mol. The summed E-state index contributed by atoms with van der Waals surface area (Å²) in [4.78, 5) is 16.2. The van der Waals surface area contributed by atoms with E-state index in [4.69, 9.17) is 9.72 Å². The van der Waals surface area contributed by atoms with Gasteiger partial charge in [0.25, 0.3) is 0 Å². The second-order valence-electron chi connectivity index (χ2n) is 8.12. The molecule has 0 bridgehead atoms. The van der Waals surface area contributed by atoms with Crippen LogP contribution in [0.2, 0.25) is 0 Å². The number of aromatic nitrogens is 3. The van der Waals surface area contributed by atoms with Crippen LogP contribution >= 0.6 is 0 Å². The Morgan fingerprint density at radius 3 is 2.71 bits per heavy atom. The van der Waals surface area contributed by atoms with E-state index in [0.717, 1.165) is 73.7 Å². The first-order valence-electron chi connectivity index (χ1n) is 11.0. The molecule has 2 aromatic heterocycles. The number of nitrogens with one attached hydrogen (secondary N) is 2. The monoisotopic (exact) mass is 420 g/mol. The number of rotatable bonds is 5. The van der Waals surface area contributed by atoms with Crippen molar-refractivity contribution in [3.8, 4) is 11.3 Å². The van der Waals surface area contributed by atoms with Gasteiger partial charge in [-0.05, 0) is 31.0 Å². The van der Waals surface area contributed by atoms with E-state index in [0.29, 0.717) is 6.54 Å². The van der Waals surface area contributed by atoms with Gasteiger partial charge in [0.2, 0.25) is 0 Å². The highest BCUT2D eigenvalue weighted by molar-refractivity contribution is 5.88. The molecule has 4 heterocycles. The second kappa shape index (κ2) is 9.13. The zero-order chi connectivity index (χ0) is 21.0. The molecule has 2 aliphatic rings. The average Bonchev–Trinajstić information content (AvgIpc) is 2.83. The Morgan fingerprint density at radius 1 is 1.13 bits per heavy atom. The SMILES string of the molecule is OC1CCN(c2ccc(-c3cc4nccnc4c(NCC4CNCCO4)n3)cc2)CC1. The van der Waals surface area contributed by atoms with E-state index in [1.54, 1.807) is 12.4 Å². The Labute approximate surface area is 181 Å². The molecule has 5 rings (SSSR count). The molecule has 3 N–H and O–H groups in total. The van der Waals surface area contributed by atoms with Gasteiger partial charge in [0, 0.05) is 56.4 Å². The van der Waals surface area contributed by atoms with Gasteiger partial charge in [0.1, 0.15) is 5.52 Å². The summed E-state index contributed by atoms with van der Waals surface area (Å²) in [7, 11) is 0. The van der Waals surface area contributed by atoms with Gasteiger partial charge >= 0.3 is 0 Å². The smallest absolute Gasteiger partial charge is 0.154 e. The lowest BCUT2D eigenvalue weighted by Gasteiger charge is -2.31. The number of aliphatic hydroxyl groups excluding tert-OH is 1. The number of anilines is 2. The maximum atomic E-state index is 9.74. The van der Waals surface area contributed by atoms with Gasteiger partial charge in [-0.3, -0.25) is 4.98 Å². The summed E-state index contributed by atoms with van der Waals surface area (Å²) in [5.74, 6) is 0.726. The fourth-order valence-electron chi connectivity index (χ4n) is 4.17. The Morgan fingerprint density at radius 2 is 1.94 bits per heavy atom. The molecule has 2 fully saturated rings. The lowest BCUT2D eigenvalue weighted by atomic mass is 10.1. The van der Waals surface area contributed by atoms with Crippen LogP contribution in [0.25, 0.3) is 22.3 Å². The van der Waals surface area contributed by atoms with Crippen LogP contribution in [0.4, 0.5) is 11.5 Å². The first kappa shape index (κ1) is 20.1. The molecule has 0 radical (unpaired) electrons.